The zero-order valence-corrected chi connectivity index (χ0v) is 14.5. The molecule has 6 heteroatoms. The van der Waals surface area contributed by atoms with Crippen LogP contribution in [0.25, 0.3) is 0 Å². The van der Waals surface area contributed by atoms with Crippen LogP contribution in [0.1, 0.15) is 10.4 Å². The van der Waals surface area contributed by atoms with E-state index >= 15 is 0 Å². The van der Waals surface area contributed by atoms with Crippen LogP contribution >= 0.6 is 27.3 Å². The maximum absolute atomic E-state index is 5.70. The van der Waals surface area contributed by atoms with Crippen molar-refractivity contribution in [2.45, 2.75) is 18.9 Å². The molecule has 2 aromatic rings. The van der Waals surface area contributed by atoms with Crippen LogP contribution in [0.3, 0.4) is 0 Å². The van der Waals surface area contributed by atoms with Gasteiger partial charge in [-0.1, -0.05) is 6.07 Å². The summed E-state index contributed by atoms with van der Waals surface area (Å²) >= 11 is 5.29. The van der Waals surface area contributed by atoms with Crippen molar-refractivity contribution in [1.29, 1.82) is 0 Å². The third kappa shape index (κ3) is 4.20. The second kappa shape index (κ2) is 7.79. The summed E-state index contributed by atoms with van der Waals surface area (Å²) in [5.74, 6) is 7.17. The molecular weight excluding hydrogens is 352 g/mol. The molecule has 4 nitrogen and oxygen atoms in total. The lowest BCUT2D eigenvalue weighted by molar-refractivity contribution is 0.354. The van der Waals surface area contributed by atoms with Gasteiger partial charge >= 0.3 is 0 Å². The van der Waals surface area contributed by atoms with Crippen molar-refractivity contribution in [2.75, 3.05) is 14.2 Å². The molecule has 0 bridgehead atoms. The van der Waals surface area contributed by atoms with Crippen LogP contribution in [0.15, 0.2) is 34.1 Å². The lowest BCUT2D eigenvalue weighted by Crippen LogP contribution is -2.38. The Kier molecular flexibility index (Phi) is 6.05. The van der Waals surface area contributed by atoms with Gasteiger partial charge in [-0.25, -0.2) is 0 Å². The zero-order valence-electron chi connectivity index (χ0n) is 12.1. The van der Waals surface area contributed by atoms with Gasteiger partial charge in [0.05, 0.1) is 14.2 Å². The summed E-state index contributed by atoms with van der Waals surface area (Å²) in [5, 5.41) is 2.07. The Morgan fingerprint density at radius 2 is 1.95 bits per heavy atom. The number of nitrogens with one attached hydrogen (secondary N) is 1. The lowest BCUT2D eigenvalue weighted by atomic mass is 10.0. The maximum Gasteiger partial charge on any atom is 0.160 e. The fourth-order valence-corrected chi connectivity index (χ4v) is 3.77. The van der Waals surface area contributed by atoms with E-state index in [1.54, 1.807) is 25.6 Å². The summed E-state index contributed by atoms with van der Waals surface area (Å²) in [4.78, 5) is 1.29. The molecule has 0 radical (unpaired) electrons. The van der Waals surface area contributed by atoms with Crippen molar-refractivity contribution >= 4 is 27.3 Å². The first-order chi connectivity index (χ1) is 10.2. The number of ether oxygens (including phenoxy) is 2. The predicted molar refractivity (Wildman–Crippen MR) is 90.1 cm³/mol. The van der Waals surface area contributed by atoms with Crippen LogP contribution in [0.5, 0.6) is 11.5 Å². The molecule has 2 rings (SSSR count). The first-order valence-electron chi connectivity index (χ1n) is 6.56. The molecular formula is C15H19BrN2O2S. The number of hydrogen-bond donors (Lipinski definition) is 2. The van der Waals surface area contributed by atoms with Crippen molar-refractivity contribution in [2.24, 2.45) is 5.84 Å². The molecule has 0 aliphatic heterocycles. The number of rotatable bonds is 7. The van der Waals surface area contributed by atoms with E-state index in [9.17, 15) is 0 Å². The minimum Gasteiger partial charge on any atom is -0.493 e. The highest BCUT2D eigenvalue weighted by molar-refractivity contribution is 9.10. The number of halogens is 1. The van der Waals surface area contributed by atoms with Crippen molar-refractivity contribution < 1.29 is 9.47 Å². The highest BCUT2D eigenvalue weighted by Crippen LogP contribution is 2.29. The maximum atomic E-state index is 5.70. The second-order valence-electron chi connectivity index (χ2n) is 4.65. The molecule has 0 aliphatic carbocycles. The van der Waals surface area contributed by atoms with Gasteiger partial charge in [0, 0.05) is 15.4 Å². The number of methoxy groups -OCH3 is 2. The van der Waals surface area contributed by atoms with Crippen LogP contribution in [0.4, 0.5) is 0 Å². The molecule has 0 amide bonds. The number of thiophene rings is 1. The molecule has 0 aliphatic rings. The van der Waals surface area contributed by atoms with E-state index < -0.39 is 0 Å². The first-order valence-corrected chi connectivity index (χ1v) is 8.24. The van der Waals surface area contributed by atoms with Crippen LogP contribution in [-0.2, 0) is 12.8 Å². The quantitative estimate of drug-likeness (QED) is 0.580. The average molecular weight is 371 g/mol. The molecule has 114 valence electrons. The Morgan fingerprint density at radius 1 is 1.19 bits per heavy atom. The third-order valence-corrected chi connectivity index (χ3v) is 5.24. The predicted octanol–water partition coefficient (Wildman–Crippen LogP) is 3.14. The Labute approximate surface area is 137 Å². The average Bonchev–Trinajstić information content (AvgIpc) is 2.91. The minimum absolute atomic E-state index is 0.165. The van der Waals surface area contributed by atoms with Crippen LogP contribution in [0, 0.1) is 0 Å². The summed E-state index contributed by atoms with van der Waals surface area (Å²) in [6.45, 7) is 0. The van der Waals surface area contributed by atoms with Crippen LogP contribution in [0.2, 0.25) is 0 Å². The molecule has 1 unspecified atom stereocenters. The van der Waals surface area contributed by atoms with Crippen molar-refractivity contribution in [3.8, 4) is 11.5 Å². The van der Waals surface area contributed by atoms with Crippen molar-refractivity contribution in [3.63, 3.8) is 0 Å². The zero-order chi connectivity index (χ0) is 15.2. The van der Waals surface area contributed by atoms with E-state index in [2.05, 4.69) is 32.8 Å². The van der Waals surface area contributed by atoms with Gasteiger partial charge in [-0.05, 0) is 57.9 Å². The standard InChI is InChI=1S/C15H19BrN2O2S/c1-19-13-4-3-10(8-14(13)20-2)7-11(18-17)9-15-12(16)5-6-21-15/h3-6,8,11,18H,7,9,17H2,1-2H3. The summed E-state index contributed by atoms with van der Waals surface area (Å²) in [5.41, 5.74) is 4.05. The third-order valence-electron chi connectivity index (χ3n) is 3.29. The summed E-state index contributed by atoms with van der Waals surface area (Å²) in [7, 11) is 3.28. The fraction of sp³-hybridized carbons (Fsp3) is 0.333. The van der Waals surface area contributed by atoms with E-state index in [0.717, 1.165) is 34.4 Å². The molecule has 0 spiro atoms. The SMILES string of the molecule is COc1ccc(CC(Cc2sccc2Br)NN)cc1OC. The van der Waals surface area contributed by atoms with E-state index in [-0.39, 0.29) is 6.04 Å². The smallest absolute Gasteiger partial charge is 0.160 e. The molecule has 0 saturated heterocycles. The topological polar surface area (TPSA) is 56.5 Å². The van der Waals surface area contributed by atoms with E-state index in [1.807, 2.05) is 18.2 Å². The largest absolute Gasteiger partial charge is 0.493 e. The number of nitrogens with two attached hydrogens (primary N) is 1. The molecule has 3 N–H and O–H groups in total. The summed E-state index contributed by atoms with van der Waals surface area (Å²) in [6.07, 6.45) is 1.70. The second-order valence-corrected chi connectivity index (χ2v) is 6.51. The highest BCUT2D eigenvalue weighted by Gasteiger charge is 2.13. The van der Waals surface area contributed by atoms with Gasteiger partial charge in [0.15, 0.2) is 11.5 Å². The van der Waals surface area contributed by atoms with E-state index in [4.69, 9.17) is 15.3 Å². The molecule has 0 fully saturated rings. The summed E-state index contributed by atoms with van der Waals surface area (Å²) in [6, 6.07) is 8.17. The Hall–Kier alpha value is -1.08. The van der Waals surface area contributed by atoms with Crippen molar-refractivity contribution in [1.82, 2.24) is 5.43 Å². The normalized spacial score (nSPS) is 12.2. The van der Waals surface area contributed by atoms with Crippen molar-refractivity contribution in [3.05, 3.63) is 44.6 Å². The minimum atomic E-state index is 0.165. The van der Waals surface area contributed by atoms with Gasteiger partial charge < -0.3 is 9.47 Å². The van der Waals surface area contributed by atoms with Crippen LogP contribution in [-0.4, -0.2) is 20.3 Å². The molecule has 1 aromatic carbocycles. The Morgan fingerprint density at radius 3 is 2.52 bits per heavy atom. The van der Waals surface area contributed by atoms with E-state index in [0.29, 0.717) is 0 Å². The van der Waals surface area contributed by atoms with Crippen LogP contribution < -0.4 is 20.7 Å². The number of hydrogen-bond acceptors (Lipinski definition) is 5. The fourth-order valence-electron chi connectivity index (χ4n) is 2.18. The van der Waals surface area contributed by atoms with Gasteiger partial charge in [0.25, 0.3) is 0 Å². The van der Waals surface area contributed by atoms with E-state index in [1.165, 1.54) is 4.88 Å². The molecule has 1 atom stereocenters. The highest BCUT2D eigenvalue weighted by atomic mass is 79.9. The molecule has 1 heterocycles. The number of hydrazine groups is 1. The number of benzene rings is 1. The van der Waals surface area contributed by atoms with Gasteiger partial charge in [-0.3, -0.25) is 11.3 Å². The first kappa shape index (κ1) is 16.3. The summed E-state index contributed by atoms with van der Waals surface area (Å²) < 4.78 is 11.7. The monoisotopic (exact) mass is 370 g/mol. The van der Waals surface area contributed by atoms with Gasteiger partial charge in [-0.2, -0.15) is 0 Å². The molecule has 1 aromatic heterocycles. The molecule has 0 saturated carbocycles. The lowest BCUT2D eigenvalue weighted by Gasteiger charge is -2.16. The Balaban J connectivity index is 2.09. The molecule has 21 heavy (non-hydrogen) atoms. The van der Waals surface area contributed by atoms with Gasteiger partial charge in [0.2, 0.25) is 0 Å². The van der Waals surface area contributed by atoms with Gasteiger partial charge in [0.1, 0.15) is 0 Å². The van der Waals surface area contributed by atoms with Gasteiger partial charge in [-0.15, -0.1) is 11.3 Å². The Bertz CT molecular complexity index is 589.